The number of aryl methyl sites for hydroxylation is 1. The molecule has 0 aliphatic rings. The van der Waals surface area contributed by atoms with Crippen molar-refractivity contribution in [3.8, 4) is 17.2 Å². The van der Waals surface area contributed by atoms with Crippen LogP contribution in [0.1, 0.15) is 59.7 Å². The molecule has 0 heterocycles. The van der Waals surface area contributed by atoms with Gasteiger partial charge in [-0.15, -0.1) is 0 Å². The zero-order chi connectivity index (χ0) is 26.6. The fraction of sp³-hybridized carbons (Fsp3) is 0.310. The Morgan fingerprint density at radius 1 is 0.806 bits per heavy atom. The third-order valence-electron chi connectivity index (χ3n) is 6.41. The zero-order valence-corrected chi connectivity index (χ0v) is 21.8. The lowest BCUT2D eigenvalue weighted by molar-refractivity contribution is -0.0127. The molecule has 0 aliphatic heterocycles. The molecule has 0 radical (unpaired) electrons. The van der Waals surface area contributed by atoms with E-state index in [1.54, 1.807) is 20.8 Å². The number of carbonyl (C=O) groups excluding carboxylic acids is 2. The summed E-state index contributed by atoms with van der Waals surface area (Å²) in [4.78, 5) is 25.8. The van der Waals surface area contributed by atoms with Gasteiger partial charge < -0.3 is 24.1 Å². The van der Waals surface area contributed by atoms with Crippen molar-refractivity contribution in [1.29, 1.82) is 0 Å². The Kier molecular flexibility index (Phi) is 8.37. The fourth-order valence-electron chi connectivity index (χ4n) is 4.09. The van der Waals surface area contributed by atoms with Crippen molar-refractivity contribution in [2.45, 2.75) is 48.1 Å². The lowest BCUT2D eigenvalue weighted by atomic mass is 9.96. The van der Waals surface area contributed by atoms with Crippen molar-refractivity contribution in [2.24, 2.45) is 0 Å². The Bertz CT molecular complexity index is 1260. The first-order chi connectivity index (χ1) is 17.1. The van der Waals surface area contributed by atoms with Gasteiger partial charge in [0.05, 0.1) is 5.56 Å². The van der Waals surface area contributed by atoms with Crippen LogP contribution >= 0.6 is 0 Å². The molecular formula is C29H32O7. The molecule has 0 saturated carbocycles. The van der Waals surface area contributed by atoms with Crippen LogP contribution in [0.4, 0.5) is 0 Å². The summed E-state index contributed by atoms with van der Waals surface area (Å²) in [6.45, 7) is 10.7. The van der Waals surface area contributed by atoms with Crippen molar-refractivity contribution >= 4 is 11.9 Å². The Hall–Kier alpha value is -3.84. The minimum absolute atomic E-state index is 0.0185. The van der Waals surface area contributed by atoms with Crippen LogP contribution in [-0.2, 0) is 16.1 Å². The van der Waals surface area contributed by atoms with Crippen molar-refractivity contribution in [3.05, 3.63) is 86.5 Å². The van der Waals surface area contributed by atoms with E-state index in [1.807, 2.05) is 57.2 Å². The van der Waals surface area contributed by atoms with Gasteiger partial charge in [0.2, 0.25) is 0 Å². The third-order valence-corrected chi connectivity index (χ3v) is 6.41. The zero-order valence-electron chi connectivity index (χ0n) is 21.8. The smallest absolute Gasteiger partial charge is 0.344 e. The summed E-state index contributed by atoms with van der Waals surface area (Å²) in [5, 5.41) is 10.7. The molecule has 3 aromatic rings. The van der Waals surface area contributed by atoms with Crippen LogP contribution in [0.2, 0.25) is 0 Å². The van der Waals surface area contributed by atoms with Crippen LogP contribution in [0.25, 0.3) is 0 Å². The van der Waals surface area contributed by atoms with Gasteiger partial charge >= 0.3 is 11.9 Å². The minimum Gasteiger partial charge on any atom is -0.507 e. The molecule has 0 amide bonds. The van der Waals surface area contributed by atoms with Gasteiger partial charge in [0, 0.05) is 12.7 Å². The number of benzene rings is 3. The van der Waals surface area contributed by atoms with E-state index < -0.39 is 11.9 Å². The predicted octanol–water partition coefficient (Wildman–Crippen LogP) is 5.80. The summed E-state index contributed by atoms with van der Waals surface area (Å²) in [5.41, 5.74) is 5.07. The molecule has 0 saturated heterocycles. The summed E-state index contributed by atoms with van der Waals surface area (Å²) in [6.07, 6.45) is 0. The second kappa shape index (κ2) is 11.3. The van der Waals surface area contributed by atoms with E-state index in [0.717, 1.165) is 16.7 Å². The lowest BCUT2D eigenvalue weighted by Gasteiger charge is -2.20. The fourth-order valence-corrected chi connectivity index (χ4v) is 4.09. The third kappa shape index (κ3) is 5.36. The van der Waals surface area contributed by atoms with Crippen LogP contribution in [-0.4, -0.2) is 30.9 Å². The van der Waals surface area contributed by atoms with Crippen molar-refractivity contribution in [3.63, 3.8) is 0 Å². The number of aromatic hydroxyl groups is 1. The van der Waals surface area contributed by atoms with E-state index in [0.29, 0.717) is 34.6 Å². The Labute approximate surface area is 211 Å². The highest BCUT2D eigenvalue weighted by Crippen LogP contribution is 2.39. The molecule has 3 rings (SSSR count). The SMILES string of the molecule is COCOC(=O)c1c(C)c(C)c(OC(=O)c2c(C)cc(OCc3ccccc3)c(C)c2C)c(C)c1O. The Morgan fingerprint density at radius 2 is 1.44 bits per heavy atom. The molecule has 0 aliphatic carbocycles. The molecule has 1 N–H and O–H groups in total. The summed E-state index contributed by atoms with van der Waals surface area (Å²) in [5.74, 6) is -0.660. The van der Waals surface area contributed by atoms with Crippen molar-refractivity contribution in [1.82, 2.24) is 0 Å². The summed E-state index contributed by atoms with van der Waals surface area (Å²) in [7, 11) is 1.40. The summed E-state index contributed by atoms with van der Waals surface area (Å²) >= 11 is 0. The van der Waals surface area contributed by atoms with Crippen LogP contribution in [0.3, 0.4) is 0 Å². The molecule has 0 spiro atoms. The van der Waals surface area contributed by atoms with Crippen molar-refractivity contribution in [2.75, 3.05) is 13.9 Å². The number of methoxy groups -OCH3 is 1. The van der Waals surface area contributed by atoms with Crippen LogP contribution < -0.4 is 9.47 Å². The molecule has 0 fully saturated rings. The number of ether oxygens (including phenoxy) is 4. The summed E-state index contributed by atoms with van der Waals surface area (Å²) < 4.78 is 21.6. The number of hydrogen-bond donors (Lipinski definition) is 1. The Morgan fingerprint density at radius 3 is 2.08 bits per heavy atom. The average Bonchev–Trinajstić information content (AvgIpc) is 2.86. The lowest BCUT2D eigenvalue weighted by Crippen LogP contribution is -2.17. The number of phenolic OH excluding ortho intramolecular Hbond substituents is 1. The number of phenols is 1. The van der Waals surface area contributed by atoms with Gasteiger partial charge in [-0.25, -0.2) is 9.59 Å². The first kappa shape index (κ1) is 26.8. The topological polar surface area (TPSA) is 91.3 Å². The van der Waals surface area contributed by atoms with E-state index in [1.165, 1.54) is 7.11 Å². The molecule has 7 nitrogen and oxygen atoms in total. The van der Waals surface area contributed by atoms with E-state index in [9.17, 15) is 14.7 Å². The molecule has 7 heteroatoms. The highest BCUT2D eigenvalue weighted by molar-refractivity contribution is 5.98. The number of esters is 2. The van der Waals surface area contributed by atoms with E-state index in [2.05, 4.69) is 0 Å². The number of rotatable bonds is 8. The monoisotopic (exact) mass is 492 g/mol. The molecule has 0 unspecified atom stereocenters. The van der Waals surface area contributed by atoms with Crippen LogP contribution in [0.15, 0.2) is 36.4 Å². The maximum atomic E-state index is 13.3. The van der Waals surface area contributed by atoms with Crippen molar-refractivity contribution < 1.29 is 33.6 Å². The highest BCUT2D eigenvalue weighted by atomic mass is 16.7. The normalized spacial score (nSPS) is 10.8. The van der Waals surface area contributed by atoms with Crippen LogP contribution in [0.5, 0.6) is 17.2 Å². The molecular weight excluding hydrogens is 460 g/mol. The maximum Gasteiger partial charge on any atom is 0.344 e. The maximum absolute atomic E-state index is 13.3. The first-order valence-corrected chi connectivity index (χ1v) is 11.6. The van der Waals surface area contributed by atoms with Gasteiger partial charge in [-0.05, 0) is 81.0 Å². The molecule has 0 atom stereocenters. The second-order valence-corrected chi connectivity index (χ2v) is 8.75. The molecule has 0 bridgehead atoms. The summed E-state index contributed by atoms with van der Waals surface area (Å²) in [6, 6.07) is 11.7. The standard InChI is InChI=1S/C29H32O7/c1-16-13-23(34-14-22-11-9-8-10-12-22)17(2)18(3)24(16)29(32)36-27-20(5)19(4)25(26(30)21(27)6)28(31)35-15-33-7/h8-13,30H,14-15H2,1-7H3. The minimum atomic E-state index is -0.718. The molecule has 36 heavy (non-hydrogen) atoms. The van der Waals surface area contributed by atoms with Gasteiger partial charge in [0.15, 0.2) is 6.79 Å². The second-order valence-electron chi connectivity index (χ2n) is 8.75. The van der Waals surface area contributed by atoms with Crippen LogP contribution in [0, 0.1) is 41.5 Å². The number of carbonyl (C=O) groups is 2. The largest absolute Gasteiger partial charge is 0.507 e. The van der Waals surface area contributed by atoms with E-state index in [4.69, 9.17) is 18.9 Å². The number of hydrogen-bond acceptors (Lipinski definition) is 7. The van der Waals surface area contributed by atoms with E-state index in [-0.39, 0.29) is 29.4 Å². The van der Waals surface area contributed by atoms with Gasteiger partial charge in [-0.1, -0.05) is 30.3 Å². The average molecular weight is 493 g/mol. The molecule has 3 aromatic carbocycles. The highest BCUT2D eigenvalue weighted by Gasteiger charge is 2.27. The first-order valence-electron chi connectivity index (χ1n) is 11.6. The van der Waals surface area contributed by atoms with Gasteiger partial charge in [-0.2, -0.15) is 0 Å². The Balaban J connectivity index is 1.91. The quantitative estimate of drug-likeness (QED) is 0.241. The molecule has 190 valence electrons. The van der Waals surface area contributed by atoms with Gasteiger partial charge in [0.1, 0.15) is 29.4 Å². The molecule has 0 aromatic heterocycles. The van der Waals surface area contributed by atoms with Gasteiger partial charge in [0.25, 0.3) is 0 Å². The van der Waals surface area contributed by atoms with E-state index >= 15 is 0 Å². The van der Waals surface area contributed by atoms with Gasteiger partial charge in [-0.3, -0.25) is 0 Å². The predicted molar refractivity (Wildman–Crippen MR) is 136 cm³/mol.